The quantitative estimate of drug-likeness (QED) is 0.853. The molecule has 9 heteroatoms. The average molecular weight is 358 g/mol. The first-order valence-corrected chi connectivity index (χ1v) is 9.45. The second-order valence-corrected chi connectivity index (χ2v) is 8.32. The lowest BCUT2D eigenvalue weighted by Crippen LogP contribution is -2.20. The van der Waals surface area contributed by atoms with Crippen LogP contribution in [0.3, 0.4) is 0 Å². The molecule has 6 nitrogen and oxygen atoms in total. The summed E-state index contributed by atoms with van der Waals surface area (Å²) in [6, 6.07) is 8.57. The number of halogens is 1. The van der Waals surface area contributed by atoms with E-state index in [0.717, 1.165) is 12.1 Å². The predicted molar refractivity (Wildman–Crippen MR) is 84.6 cm³/mol. The lowest BCUT2D eigenvalue weighted by molar-refractivity contribution is 0.588. The van der Waals surface area contributed by atoms with Crippen molar-refractivity contribution >= 4 is 25.7 Å². The normalized spacial score (nSPS) is 12.1. The first-order valence-electron chi connectivity index (χ1n) is 6.48. The first-order chi connectivity index (χ1) is 10.7. The van der Waals surface area contributed by atoms with Gasteiger partial charge in [-0.2, -0.15) is 0 Å². The van der Waals surface area contributed by atoms with Crippen LogP contribution in [0.15, 0.2) is 52.3 Å². The van der Waals surface area contributed by atoms with Crippen molar-refractivity contribution in [3.05, 3.63) is 53.8 Å². The number of hydrogen-bond acceptors (Lipinski definition) is 4. The van der Waals surface area contributed by atoms with Crippen LogP contribution in [0.5, 0.6) is 0 Å². The molecule has 2 N–H and O–H groups in total. The van der Waals surface area contributed by atoms with Crippen molar-refractivity contribution in [1.82, 2.24) is 4.72 Å². The van der Waals surface area contributed by atoms with Crippen molar-refractivity contribution in [2.45, 2.75) is 16.7 Å². The van der Waals surface area contributed by atoms with Crippen LogP contribution in [0.4, 0.5) is 10.1 Å². The van der Waals surface area contributed by atoms with Crippen LogP contribution < -0.4 is 9.44 Å². The Hall–Kier alpha value is -1.97. The molecule has 2 aromatic rings. The van der Waals surface area contributed by atoms with Crippen molar-refractivity contribution in [2.24, 2.45) is 0 Å². The van der Waals surface area contributed by atoms with E-state index in [2.05, 4.69) is 9.44 Å². The summed E-state index contributed by atoms with van der Waals surface area (Å²) in [5, 5.41) is 0. The number of aryl methyl sites for hydroxylation is 1. The summed E-state index contributed by atoms with van der Waals surface area (Å²) in [6.07, 6.45) is 0. The molecule has 124 valence electrons. The Morgan fingerprint density at radius 2 is 1.52 bits per heavy atom. The second kappa shape index (κ2) is 6.26. The highest BCUT2D eigenvalue weighted by molar-refractivity contribution is 7.93. The van der Waals surface area contributed by atoms with Gasteiger partial charge in [-0.15, -0.1) is 0 Å². The fraction of sp³-hybridized carbons (Fsp3) is 0.143. The molecule has 0 fully saturated rings. The highest BCUT2D eigenvalue weighted by Gasteiger charge is 2.19. The minimum Gasteiger partial charge on any atom is -0.279 e. The van der Waals surface area contributed by atoms with Crippen LogP contribution in [0, 0.1) is 12.7 Å². The zero-order chi connectivity index (χ0) is 17.3. The number of anilines is 1. The van der Waals surface area contributed by atoms with Crippen molar-refractivity contribution in [2.75, 3.05) is 11.8 Å². The highest BCUT2D eigenvalue weighted by atomic mass is 32.2. The molecule has 23 heavy (non-hydrogen) atoms. The molecule has 2 aromatic carbocycles. The van der Waals surface area contributed by atoms with Crippen LogP contribution in [0.1, 0.15) is 5.56 Å². The topological polar surface area (TPSA) is 92.3 Å². The summed E-state index contributed by atoms with van der Waals surface area (Å²) >= 11 is 0. The summed E-state index contributed by atoms with van der Waals surface area (Å²) < 4.78 is 65.8. The van der Waals surface area contributed by atoms with E-state index < -0.39 is 25.9 Å². The Balaban J connectivity index is 2.42. The molecule has 0 aromatic heterocycles. The number of nitrogens with one attached hydrogen (secondary N) is 2. The van der Waals surface area contributed by atoms with Gasteiger partial charge in [0.1, 0.15) is 5.82 Å². The summed E-state index contributed by atoms with van der Waals surface area (Å²) in [5.41, 5.74) is 0.626. The SMILES string of the molecule is CNS(=O)(=O)c1cccc(S(=O)(=O)Nc2ccc(F)cc2C)c1. The van der Waals surface area contributed by atoms with Crippen LogP contribution in [0.2, 0.25) is 0 Å². The smallest absolute Gasteiger partial charge is 0.261 e. The molecule has 0 aliphatic heterocycles. The van der Waals surface area contributed by atoms with Gasteiger partial charge in [-0.05, 0) is 55.9 Å². The van der Waals surface area contributed by atoms with Crippen LogP contribution >= 0.6 is 0 Å². The maximum Gasteiger partial charge on any atom is 0.261 e. The number of hydrogen-bond donors (Lipinski definition) is 2. The van der Waals surface area contributed by atoms with E-state index in [9.17, 15) is 21.2 Å². The third-order valence-corrected chi connectivity index (χ3v) is 5.90. The van der Waals surface area contributed by atoms with E-state index in [0.29, 0.717) is 5.56 Å². The molecule has 0 saturated carbocycles. The van der Waals surface area contributed by atoms with E-state index in [-0.39, 0.29) is 15.5 Å². The molecule has 0 aliphatic rings. The third kappa shape index (κ3) is 3.87. The van der Waals surface area contributed by atoms with E-state index in [1.807, 2.05) is 0 Å². The van der Waals surface area contributed by atoms with Gasteiger partial charge in [0.2, 0.25) is 10.0 Å². The molecule has 0 spiro atoms. The fourth-order valence-corrected chi connectivity index (χ4v) is 3.90. The molecule has 0 bridgehead atoms. The van der Waals surface area contributed by atoms with Crippen molar-refractivity contribution in [1.29, 1.82) is 0 Å². The minimum atomic E-state index is -4.00. The van der Waals surface area contributed by atoms with Gasteiger partial charge in [0.05, 0.1) is 15.5 Å². The molecular formula is C14H15FN2O4S2. The van der Waals surface area contributed by atoms with Gasteiger partial charge in [-0.3, -0.25) is 4.72 Å². The Morgan fingerprint density at radius 1 is 0.913 bits per heavy atom. The van der Waals surface area contributed by atoms with Gasteiger partial charge in [-0.1, -0.05) is 6.07 Å². The zero-order valence-corrected chi connectivity index (χ0v) is 14.0. The average Bonchev–Trinajstić information content (AvgIpc) is 2.50. The van der Waals surface area contributed by atoms with Crippen molar-refractivity contribution in [3.63, 3.8) is 0 Å². The zero-order valence-electron chi connectivity index (χ0n) is 12.4. The highest BCUT2D eigenvalue weighted by Crippen LogP contribution is 2.22. The third-order valence-electron chi connectivity index (χ3n) is 3.13. The molecule has 0 saturated heterocycles. The van der Waals surface area contributed by atoms with Crippen LogP contribution in [-0.2, 0) is 20.0 Å². The monoisotopic (exact) mass is 358 g/mol. The largest absolute Gasteiger partial charge is 0.279 e. The van der Waals surface area contributed by atoms with E-state index in [1.54, 1.807) is 6.92 Å². The van der Waals surface area contributed by atoms with Crippen LogP contribution in [0.25, 0.3) is 0 Å². The maximum atomic E-state index is 13.1. The van der Waals surface area contributed by atoms with E-state index in [4.69, 9.17) is 0 Å². The van der Waals surface area contributed by atoms with Gasteiger partial charge >= 0.3 is 0 Å². The van der Waals surface area contributed by atoms with Gasteiger partial charge in [0.25, 0.3) is 10.0 Å². The molecule has 0 radical (unpaired) electrons. The molecule has 0 atom stereocenters. The Kier molecular flexibility index (Phi) is 4.73. The maximum absolute atomic E-state index is 13.1. The van der Waals surface area contributed by atoms with Crippen molar-refractivity contribution in [3.8, 4) is 0 Å². The standard InChI is InChI=1S/C14H15FN2O4S2/c1-10-8-11(15)6-7-14(10)17-23(20,21)13-5-3-4-12(9-13)22(18,19)16-2/h3-9,16-17H,1-2H3. The lowest BCUT2D eigenvalue weighted by atomic mass is 10.2. The Bertz CT molecular complexity index is 941. The summed E-state index contributed by atoms with van der Waals surface area (Å²) in [5.74, 6) is -0.479. The Labute approximate surface area is 134 Å². The van der Waals surface area contributed by atoms with Gasteiger partial charge in [0, 0.05) is 0 Å². The van der Waals surface area contributed by atoms with Crippen molar-refractivity contribution < 1.29 is 21.2 Å². The predicted octanol–water partition coefficient (Wildman–Crippen LogP) is 1.84. The van der Waals surface area contributed by atoms with Gasteiger partial charge in [0.15, 0.2) is 0 Å². The number of benzene rings is 2. The molecule has 0 heterocycles. The molecule has 0 unspecified atom stereocenters. The minimum absolute atomic E-state index is 0.168. The van der Waals surface area contributed by atoms with Crippen LogP contribution in [-0.4, -0.2) is 23.9 Å². The number of rotatable bonds is 5. The molecular weight excluding hydrogens is 343 g/mol. The summed E-state index contributed by atoms with van der Waals surface area (Å²) in [4.78, 5) is -0.378. The number of sulfonamides is 2. The fourth-order valence-electron chi connectivity index (χ4n) is 1.87. The molecule has 2 rings (SSSR count). The van der Waals surface area contributed by atoms with Gasteiger partial charge in [-0.25, -0.2) is 25.9 Å². The van der Waals surface area contributed by atoms with E-state index >= 15 is 0 Å². The summed E-state index contributed by atoms with van der Waals surface area (Å²) in [7, 11) is -6.53. The second-order valence-electron chi connectivity index (χ2n) is 4.75. The first kappa shape index (κ1) is 17.4. The van der Waals surface area contributed by atoms with Gasteiger partial charge < -0.3 is 0 Å². The summed E-state index contributed by atoms with van der Waals surface area (Å²) in [6.45, 7) is 1.56. The molecule has 0 aliphatic carbocycles. The lowest BCUT2D eigenvalue weighted by Gasteiger charge is -2.11. The Morgan fingerprint density at radius 3 is 2.09 bits per heavy atom. The molecule has 0 amide bonds. The van der Waals surface area contributed by atoms with E-state index in [1.165, 1.54) is 37.4 Å².